The maximum atomic E-state index is 15.0. The summed E-state index contributed by atoms with van der Waals surface area (Å²) in [4.78, 5) is 12.5. The maximum Gasteiger partial charge on any atom is 0.343 e. The molecule has 1 aliphatic heterocycles. The number of ether oxygens (including phenoxy) is 3. The minimum Gasteiger partial charge on any atom is -0.420 e. The first-order chi connectivity index (χ1) is 17.4. The summed E-state index contributed by atoms with van der Waals surface area (Å²) in [6.07, 6.45) is 2.74. The molecule has 36 heavy (non-hydrogen) atoms. The minimum absolute atomic E-state index is 0.0422. The lowest BCUT2D eigenvalue weighted by atomic mass is 9.82. The van der Waals surface area contributed by atoms with Crippen molar-refractivity contribution in [1.82, 2.24) is 0 Å². The first kappa shape index (κ1) is 24.5. The van der Waals surface area contributed by atoms with Gasteiger partial charge < -0.3 is 14.2 Å². The SMILES string of the molecule is COC1CCC(c2ccc(-c3ccc(C(=O)Oc4ccc(C5CO5)c(F)c4F)cc3)c(F)c2F)CC1. The van der Waals surface area contributed by atoms with E-state index in [0.717, 1.165) is 25.7 Å². The van der Waals surface area contributed by atoms with Gasteiger partial charge in [0.15, 0.2) is 23.2 Å². The van der Waals surface area contributed by atoms with E-state index >= 15 is 0 Å². The van der Waals surface area contributed by atoms with Crippen LogP contribution in [0.15, 0.2) is 48.5 Å². The van der Waals surface area contributed by atoms with E-state index in [0.29, 0.717) is 17.7 Å². The van der Waals surface area contributed by atoms with Crippen molar-refractivity contribution in [2.75, 3.05) is 13.7 Å². The van der Waals surface area contributed by atoms with Crippen LogP contribution in [0, 0.1) is 23.3 Å². The van der Waals surface area contributed by atoms with E-state index in [1.165, 1.54) is 42.5 Å². The molecule has 4 nitrogen and oxygen atoms in total. The number of epoxide rings is 1. The fourth-order valence-corrected chi connectivity index (χ4v) is 4.76. The average Bonchev–Trinajstić information content (AvgIpc) is 3.74. The van der Waals surface area contributed by atoms with Crippen molar-refractivity contribution in [1.29, 1.82) is 0 Å². The Morgan fingerprint density at radius 3 is 2.08 bits per heavy atom. The molecule has 3 aromatic rings. The van der Waals surface area contributed by atoms with Gasteiger partial charge in [-0.3, -0.25) is 0 Å². The van der Waals surface area contributed by atoms with Crippen LogP contribution in [0.5, 0.6) is 5.75 Å². The first-order valence-corrected chi connectivity index (χ1v) is 11.8. The Kier molecular flexibility index (Phi) is 6.81. The van der Waals surface area contributed by atoms with E-state index in [4.69, 9.17) is 14.2 Å². The Bertz CT molecular complexity index is 1280. The molecule has 2 aliphatic rings. The summed E-state index contributed by atoms with van der Waals surface area (Å²) in [5, 5.41) is 0. The molecular weight excluding hydrogens is 476 g/mol. The van der Waals surface area contributed by atoms with Crippen LogP contribution in [0.1, 0.15) is 59.2 Å². The van der Waals surface area contributed by atoms with Crippen molar-refractivity contribution in [2.24, 2.45) is 0 Å². The van der Waals surface area contributed by atoms with Crippen molar-refractivity contribution in [3.05, 3.63) is 88.5 Å². The van der Waals surface area contributed by atoms with Gasteiger partial charge in [-0.25, -0.2) is 18.0 Å². The maximum absolute atomic E-state index is 15.0. The van der Waals surface area contributed by atoms with Gasteiger partial charge in [-0.05, 0) is 67.0 Å². The van der Waals surface area contributed by atoms with Gasteiger partial charge in [0.25, 0.3) is 0 Å². The van der Waals surface area contributed by atoms with E-state index in [9.17, 15) is 22.4 Å². The van der Waals surface area contributed by atoms with E-state index in [1.54, 1.807) is 13.2 Å². The lowest BCUT2D eigenvalue weighted by Crippen LogP contribution is -2.20. The van der Waals surface area contributed by atoms with Crippen molar-refractivity contribution in [3.8, 4) is 16.9 Å². The number of esters is 1. The molecular formula is C28H24F4O4. The van der Waals surface area contributed by atoms with Gasteiger partial charge in [0, 0.05) is 18.2 Å². The Morgan fingerprint density at radius 2 is 1.44 bits per heavy atom. The van der Waals surface area contributed by atoms with E-state index in [2.05, 4.69) is 0 Å². The molecule has 0 bridgehead atoms. The molecule has 0 spiro atoms. The number of hydrogen-bond acceptors (Lipinski definition) is 4. The number of halogens is 4. The second-order valence-corrected chi connectivity index (χ2v) is 9.11. The molecule has 0 radical (unpaired) electrons. The van der Waals surface area contributed by atoms with Gasteiger partial charge >= 0.3 is 5.97 Å². The number of rotatable bonds is 6. The standard InChI is InChI=1S/C28H24F4O4/c1-34-18-8-6-16(7-9-18)20-11-10-19(24(29)25(20)30)15-2-4-17(5-3-15)28(33)36-22-13-12-21(23-14-35-23)26(31)27(22)32/h2-5,10-13,16,18,23H,6-9,14H2,1H3. The van der Waals surface area contributed by atoms with Gasteiger partial charge in [0.1, 0.15) is 6.10 Å². The molecule has 1 saturated heterocycles. The zero-order chi connectivity index (χ0) is 25.4. The number of methoxy groups -OCH3 is 1. The van der Waals surface area contributed by atoms with Crippen LogP contribution in [-0.2, 0) is 9.47 Å². The van der Waals surface area contributed by atoms with E-state index in [1.807, 2.05) is 0 Å². The van der Waals surface area contributed by atoms with E-state index in [-0.39, 0.29) is 28.7 Å². The van der Waals surface area contributed by atoms with E-state index < -0.39 is 41.1 Å². The topological polar surface area (TPSA) is 48.1 Å². The van der Waals surface area contributed by atoms with Crippen LogP contribution >= 0.6 is 0 Å². The molecule has 3 aromatic carbocycles. The van der Waals surface area contributed by atoms with Gasteiger partial charge in [-0.2, -0.15) is 4.39 Å². The van der Waals surface area contributed by atoms with Crippen LogP contribution < -0.4 is 4.74 Å². The first-order valence-electron chi connectivity index (χ1n) is 11.8. The molecule has 8 heteroatoms. The summed E-state index contributed by atoms with van der Waals surface area (Å²) >= 11 is 0. The summed E-state index contributed by atoms with van der Waals surface area (Å²) < 4.78 is 73.8. The lowest BCUT2D eigenvalue weighted by molar-refractivity contribution is 0.0655. The van der Waals surface area contributed by atoms with Crippen LogP contribution in [-0.4, -0.2) is 25.8 Å². The molecule has 0 aromatic heterocycles. The van der Waals surface area contributed by atoms with Crippen molar-refractivity contribution >= 4 is 5.97 Å². The fraction of sp³-hybridized carbons (Fsp3) is 0.321. The molecule has 2 fully saturated rings. The number of carbonyl (C=O) groups excluding carboxylic acids is 1. The highest BCUT2D eigenvalue weighted by molar-refractivity contribution is 5.91. The molecule has 1 atom stereocenters. The zero-order valence-corrected chi connectivity index (χ0v) is 19.5. The number of carbonyl (C=O) groups is 1. The summed E-state index contributed by atoms with van der Waals surface area (Å²) in [7, 11) is 1.66. The quantitative estimate of drug-likeness (QED) is 0.160. The number of hydrogen-bond donors (Lipinski definition) is 0. The van der Waals surface area contributed by atoms with Crippen LogP contribution in [0.25, 0.3) is 11.1 Å². The molecule has 1 unspecified atom stereocenters. The Hall–Kier alpha value is -3.23. The van der Waals surface area contributed by atoms with Gasteiger partial charge in [-0.15, -0.1) is 0 Å². The Balaban J connectivity index is 1.30. The summed E-state index contributed by atoms with van der Waals surface area (Å²) in [5.74, 6) is -5.73. The van der Waals surface area contributed by atoms with Crippen molar-refractivity contribution < 1.29 is 36.6 Å². The average molecular weight is 500 g/mol. The molecule has 0 N–H and O–H groups in total. The molecule has 1 aliphatic carbocycles. The third kappa shape index (κ3) is 4.75. The van der Waals surface area contributed by atoms with Crippen LogP contribution in [0.3, 0.4) is 0 Å². The molecule has 188 valence electrons. The van der Waals surface area contributed by atoms with Crippen molar-refractivity contribution in [2.45, 2.75) is 43.8 Å². The molecule has 0 amide bonds. The van der Waals surface area contributed by atoms with Gasteiger partial charge in [0.05, 0.1) is 18.3 Å². The van der Waals surface area contributed by atoms with Gasteiger partial charge in [-0.1, -0.05) is 24.3 Å². The highest BCUT2D eigenvalue weighted by atomic mass is 19.2. The summed E-state index contributed by atoms with van der Waals surface area (Å²) in [5.41, 5.74) is 0.899. The second-order valence-electron chi connectivity index (χ2n) is 9.11. The fourth-order valence-electron chi connectivity index (χ4n) is 4.76. The third-order valence-electron chi connectivity index (χ3n) is 6.95. The minimum atomic E-state index is -1.28. The zero-order valence-electron chi connectivity index (χ0n) is 19.5. The van der Waals surface area contributed by atoms with Crippen LogP contribution in [0.4, 0.5) is 17.6 Å². The lowest BCUT2D eigenvalue weighted by Gasteiger charge is -2.28. The molecule has 1 saturated carbocycles. The third-order valence-corrected chi connectivity index (χ3v) is 6.95. The Morgan fingerprint density at radius 1 is 0.806 bits per heavy atom. The largest absolute Gasteiger partial charge is 0.420 e. The molecule has 1 heterocycles. The Labute approximate surface area is 205 Å². The predicted octanol–water partition coefficient (Wildman–Crippen LogP) is 6.87. The number of benzene rings is 3. The van der Waals surface area contributed by atoms with Gasteiger partial charge in [0.2, 0.25) is 5.82 Å². The highest BCUT2D eigenvalue weighted by Crippen LogP contribution is 2.38. The highest BCUT2D eigenvalue weighted by Gasteiger charge is 2.31. The normalized spacial score (nSPS) is 21.3. The predicted molar refractivity (Wildman–Crippen MR) is 124 cm³/mol. The monoisotopic (exact) mass is 500 g/mol. The summed E-state index contributed by atoms with van der Waals surface area (Å²) in [6.45, 7) is 0.310. The second kappa shape index (κ2) is 10.0. The van der Waals surface area contributed by atoms with Crippen molar-refractivity contribution in [3.63, 3.8) is 0 Å². The smallest absolute Gasteiger partial charge is 0.343 e. The van der Waals surface area contributed by atoms with Crippen LogP contribution in [0.2, 0.25) is 0 Å². The molecule has 5 rings (SSSR count). The summed E-state index contributed by atoms with van der Waals surface area (Å²) in [6, 6.07) is 11.2.